The number of fused-ring (bicyclic) bond motifs is 2. The molecule has 0 saturated heterocycles. The maximum absolute atomic E-state index is 10.7. The molecule has 9 nitrogen and oxygen atoms in total. The summed E-state index contributed by atoms with van der Waals surface area (Å²) in [6.45, 7) is -0.0141. The molecule has 3 aromatic carbocycles. The zero-order valence-electron chi connectivity index (χ0n) is 19.9. The summed E-state index contributed by atoms with van der Waals surface area (Å²) in [7, 11) is 0. The predicted octanol–water partition coefficient (Wildman–Crippen LogP) is 5.48. The molecular weight excluding hydrogens is 520 g/mol. The van der Waals surface area contributed by atoms with Crippen LogP contribution in [0.2, 0.25) is 0 Å². The molecule has 190 valence electrons. The minimum Gasteiger partial charge on any atom is -0.494 e. The first kappa shape index (κ1) is 24.2. The summed E-state index contributed by atoms with van der Waals surface area (Å²) in [6.07, 6.45) is -0.780. The molecule has 3 heterocycles. The van der Waals surface area contributed by atoms with Gasteiger partial charge in [0, 0.05) is 27.9 Å². The number of aromatic amines is 1. The van der Waals surface area contributed by atoms with Crippen LogP contribution in [0.1, 0.15) is 11.1 Å². The Labute approximate surface area is 225 Å². The number of benzene rings is 3. The van der Waals surface area contributed by atoms with E-state index in [1.165, 1.54) is 23.1 Å². The maximum atomic E-state index is 10.7. The normalized spacial score (nSPS) is 14.4. The molecule has 0 saturated carbocycles. The molecule has 1 aliphatic rings. The van der Waals surface area contributed by atoms with Gasteiger partial charge in [-0.2, -0.15) is 0 Å². The Hall–Kier alpha value is -4.19. The minimum absolute atomic E-state index is 0.0140. The third kappa shape index (κ3) is 4.99. The number of aliphatic imine (C=N–C) groups is 1. The number of nitrogens with one attached hydrogen (secondary N) is 2. The van der Waals surface area contributed by atoms with Crippen LogP contribution in [0.25, 0.3) is 10.9 Å². The Kier molecular flexibility index (Phi) is 6.78. The van der Waals surface area contributed by atoms with Crippen molar-refractivity contribution in [3.05, 3.63) is 90.0 Å². The van der Waals surface area contributed by atoms with E-state index < -0.39 is 6.10 Å². The van der Waals surface area contributed by atoms with Crippen LogP contribution >= 0.6 is 23.1 Å². The van der Waals surface area contributed by atoms with Gasteiger partial charge in [-0.3, -0.25) is 0 Å². The van der Waals surface area contributed by atoms with Crippen molar-refractivity contribution in [2.24, 2.45) is 10.1 Å². The van der Waals surface area contributed by atoms with E-state index in [1.807, 2.05) is 78.9 Å². The number of aromatic hydroxyl groups is 1. The van der Waals surface area contributed by atoms with Crippen molar-refractivity contribution in [1.82, 2.24) is 15.2 Å². The number of rotatable bonds is 9. The zero-order valence-corrected chi connectivity index (χ0v) is 21.5. The lowest BCUT2D eigenvalue weighted by molar-refractivity contribution is 0.0529. The summed E-state index contributed by atoms with van der Waals surface area (Å²) < 4.78 is 0.739. The van der Waals surface area contributed by atoms with Gasteiger partial charge in [0.25, 0.3) is 0 Å². The number of thioether (sulfide) groups is 1. The molecule has 6 rings (SSSR count). The summed E-state index contributed by atoms with van der Waals surface area (Å²) in [5.74, 6) is 0.381. The highest BCUT2D eigenvalue weighted by atomic mass is 32.2. The fourth-order valence-corrected chi connectivity index (χ4v) is 5.78. The molecule has 1 unspecified atom stereocenters. The molecule has 2 aromatic heterocycles. The number of H-pyrrole nitrogens is 1. The first-order valence-corrected chi connectivity index (χ1v) is 13.6. The van der Waals surface area contributed by atoms with E-state index in [1.54, 1.807) is 0 Å². The monoisotopic (exact) mass is 542 g/mol. The zero-order chi connectivity index (χ0) is 25.9. The lowest BCUT2D eigenvalue weighted by Gasteiger charge is -2.09. The number of oxime groups is 1. The van der Waals surface area contributed by atoms with Gasteiger partial charge >= 0.3 is 0 Å². The Morgan fingerprint density at radius 3 is 2.68 bits per heavy atom. The van der Waals surface area contributed by atoms with Crippen LogP contribution in [-0.4, -0.2) is 55.3 Å². The Morgan fingerprint density at radius 1 is 1.00 bits per heavy atom. The quantitative estimate of drug-likeness (QED) is 0.143. The van der Waals surface area contributed by atoms with Crippen LogP contribution in [-0.2, 0) is 4.84 Å². The van der Waals surface area contributed by atoms with E-state index in [4.69, 9.17) is 9.83 Å². The highest BCUT2D eigenvalue weighted by Gasteiger charge is 2.29. The largest absolute Gasteiger partial charge is 0.494 e. The molecule has 1 aliphatic heterocycles. The number of aliphatic hydroxyl groups excluding tert-OH is 1. The Balaban J connectivity index is 1.12. The molecule has 1 atom stereocenters. The number of aromatic nitrogens is 3. The summed E-state index contributed by atoms with van der Waals surface area (Å²) >= 11 is 2.81. The molecule has 38 heavy (non-hydrogen) atoms. The molecule has 0 bridgehead atoms. The van der Waals surface area contributed by atoms with Gasteiger partial charge in [-0.05, 0) is 24.3 Å². The summed E-state index contributed by atoms with van der Waals surface area (Å²) in [6, 6.07) is 24.9. The van der Waals surface area contributed by atoms with E-state index in [-0.39, 0.29) is 12.5 Å². The molecule has 5 aromatic rings. The van der Waals surface area contributed by atoms with Crippen LogP contribution in [0.5, 0.6) is 5.88 Å². The molecule has 0 amide bonds. The van der Waals surface area contributed by atoms with E-state index in [0.717, 1.165) is 32.2 Å². The SMILES string of the molecule is Oc1[nH]c2ccccc2c1C1=Nc2ccccc2/C1=N\OCC(O)CSc1nnc(Nc2ccccc2)s1. The predicted molar refractivity (Wildman–Crippen MR) is 151 cm³/mol. The smallest absolute Gasteiger partial charge is 0.210 e. The molecule has 0 fully saturated rings. The van der Waals surface area contributed by atoms with Crippen molar-refractivity contribution in [3.63, 3.8) is 0 Å². The number of para-hydroxylation sites is 3. The third-order valence-corrected chi connectivity index (χ3v) is 7.91. The van der Waals surface area contributed by atoms with Crippen LogP contribution in [0.4, 0.5) is 16.5 Å². The van der Waals surface area contributed by atoms with Crippen LogP contribution in [0.3, 0.4) is 0 Å². The molecule has 4 N–H and O–H groups in total. The minimum atomic E-state index is -0.780. The van der Waals surface area contributed by atoms with Crippen molar-refractivity contribution in [2.75, 3.05) is 17.7 Å². The highest BCUT2D eigenvalue weighted by Crippen LogP contribution is 2.35. The van der Waals surface area contributed by atoms with Gasteiger partial charge in [-0.25, -0.2) is 4.99 Å². The second-order valence-electron chi connectivity index (χ2n) is 8.44. The van der Waals surface area contributed by atoms with Crippen molar-refractivity contribution >= 4 is 61.9 Å². The number of aliphatic hydroxyl groups is 1. The van der Waals surface area contributed by atoms with E-state index in [9.17, 15) is 10.2 Å². The van der Waals surface area contributed by atoms with Crippen LogP contribution in [0, 0.1) is 0 Å². The molecule has 0 spiro atoms. The average Bonchev–Trinajstić information content (AvgIpc) is 3.62. The standard InChI is InChI=1S/C27H22N6O3S2/c34-17(15-37-27-32-31-26(38-27)28-16-8-2-1-3-9-16)14-36-33-23-19-11-5-7-13-21(19)29-24(23)22-18-10-4-6-12-20(18)30-25(22)35/h1-13,17,30,34-35H,14-15H2,(H,28,31)/b33-23+. The summed E-state index contributed by atoms with van der Waals surface area (Å²) in [5, 5.41) is 38.6. The van der Waals surface area contributed by atoms with Crippen molar-refractivity contribution in [3.8, 4) is 5.88 Å². The molecular formula is C27H22N6O3S2. The fourth-order valence-electron chi connectivity index (χ4n) is 4.07. The van der Waals surface area contributed by atoms with Crippen LogP contribution < -0.4 is 5.32 Å². The lowest BCUT2D eigenvalue weighted by atomic mass is 10.0. The van der Waals surface area contributed by atoms with Gasteiger partial charge in [-0.15, -0.1) is 10.2 Å². The van der Waals surface area contributed by atoms with Crippen molar-refractivity contribution in [2.45, 2.75) is 10.4 Å². The number of nitrogens with zero attached hydrogens (tertiary/aromatic N) is 4. The molecule has 11 heteroatoms. The van der Waals surface area contributed by atoms with E-state index >= 15 is 0 Å². The highest BCUT2D eigenvalue weighted by molar-refractivity contribution is 8.01. The number of hydrogen-bond acceptors (Lipinski definition) is 10. The lowest BCUT2D eigenvalue weighted by Crippen LogP contribution is -2.19. The fraction of sp³-hybridized carbons (Fsp3) is 0.111. The van der Waals surface area contributed by atoms with E-state index in [0.29, 0.717) is 27.9 Å². The Bertz CT molecular complexity index is 1650. The number of hydrogen-bond donors (Lipinski definition) is 4. The van der Waals surface area contributed by atoms with Gasteiger partial charge in [0.1, 0.15) is 24.1 Å². The first-order chi connectivity index (χ1) is 18.7. The maximum Gasteiger partial charge on any atom is 0.210 e. The summed E-state index contributed by atoms with van der Waals surface area (Å²) in [4.78, 5) is 13.3. The van der Waals surface area contributed by atoms with E-state index in [2.05, 4.69) is 25.7 Å². The van der Waals surface area contributed by atoms with Gasteiger partial charge in [0.15, 0.2) is 10.2 Å². The summed E-state index contributed by atoms with van der Waals surface area (Å²) in [5.41, 5.74) is 4.84. The van der Waals surface area contributed by atoms with Crippen molar-refractivity contribution < 1.29 is 15.1 Å². The number of anilines is 2. The van der Waals surface area contributed by atoms with Gasteiger partial charge in [0.05, 0.1) is 11.3 Å². The van der Waals surface area contributed by atoms with Gasteiger partial charge < -0.3 is 25.4 Å². The molecule has 0 radical (unpaired) electrons. The molecule has 0 aliphatic carbocycles. The van der Waals surface area contributed by atoms with Gasteiger partial charge in [-0.1, -0.05) is 82.9 Å². The second kappa shape index (κ2) is 10.7. The first-order valence-electron chi connectivity index (χ1n) is 11.8. The third-order valence-electron chi connectivity index (χ3n) is 5.79. The van der Waals surface area contributed by atoms with Gasteiger partial charge in [0.2, 0.25) is 5.13 Å². The second-order valence-corrected chi connectivity index (χ2v) is 10.7. The Morgan fingerprint density at radius 2 is 1.79 bits per heavy atom. The topological polar surface area (TPSA) is 128 Å². The average molecular weight is 543 g/mol. The van der Waals surface area contributed by atoms with Crippen molar-refractivity contribution in [1.29, 1.82) is 0 Å². The van der Waals surface area contributed by atoms with Crippen LogP contribution in [0.15, 0.2) is 93.4 Å².